The minimum atomic E-state index is -0.347. The summed E-state index contributed by atoms with van der Waals surface area (Å²) >= 11 is 0. The average Bonchev–Trinajstić information content (AvgIpc) is 3.07. The molecule has 0 bridgehead atoms. The van der Waals surface area contributed by atoms with Crippen molar-refractivity contribution in [2.75, 3.05) is 24.2 Å². The first-order valence-corrected chi connectivity index (χ1v) is 12.6. The molecule has 3 aromatic rings. The van der Waals surface area contributed by atoms with Crippen molar-refractivity contribution in [1.82, 2.24) is 14.6 Å². The highest BCUT2D eigenvalue weighted by molar-refractivity contribution is 7.52. The molecule has 1 atom stereocenters. The number of aryl methyl sites for hydroxylation is 2. The second-order valence-electron chi connectivity index (χ2n) is 8.26. The van der Waals surface area contributed by atoms with Crippen molar-refractivity contribution < 1.29 is 4.52 Å². The molecule has 0 aliphatic rings. The van der Waals surface area contributed by atoms with Gasteiger partial charge in [0.05, 0.1) is 23.9 Å². The number of imidazole rings is 1. The molecule has 1 N–H and O–H groups in total. The number of benzene rings is 1. The van der Waals surface area contributed by atoms with Gasteiger partial charge in [0.1, 0.15) is 5.69 Å². The van der Waals surface area contributed by atoms with Crippen LogP contribution in [0.4, 0.5) is 5.95 Å². The number of hydrogen-bond donors (Lipinski definition) is 1. The van der Waals surface area contributed by atoms with Crippen molar-refractivity contribution in [1.29, 1.82) is 0 Å². The van der Waals surface area contributed by atoms with Crippen LogP contribution in [0, 0.1) is 19.8 Å². The first-order valence-electron chi connectivity index (χ1n) is 11.0. The van der Waals surface area contributed by atoms with Gasteiger partial charge in [-0.3, -0.25) is 0 Å². The number of aromatic nitrogens is 3. The molecule has 0 aliphatic heterocycles. The van der Waals surface area contributed by atoms with Gasteiger partial charge in [-0.05, 0) is 50.1 Å². The zero-order valence-electron chi connectivity index (χ0n) is 19.1. The molecule has 0 saturated carbocycles. The zero-order chi connectivity index (χ0) is 21.7. The molecule has 5 nitrogen and oxygen atoms in total. The maximum Gasteiger partial charge on any atom is 0.225 e. The maximum absolute atomic E-state index is 6.27. The molecule has 0 amide bonds. The van der Waals surface area contributed by atoms with E-state index in [0.29, 0.717) is 12.5 Å². The molecule has 30 heavy (non-hydrogen) atoms. The molecule has 3 rings (SSSR count). The Morgan fingerprint density at radius 3 is 2.43 bits per heavy atom. The Morgan fingerprint density at radius 1 is 1.10 bits per heavy atom. The summed E-state index contributed by atoms with van der Waals surface area (Å²) in [5.41, 5.74) is 5.30. The van der Waals surface area contributed by atoms with Gasteiger partial charge in [-0.2, -0.15) is 9.61 Å². The molecular formula is C24H35N4OP. The van der Waals surface area contributed by atoms with E-state index in [-0.39, 0.29) is 14.2 Å². The zero-order valence-corrected chi connectivity index (χ0v) is 20.0. The fourth-order valence-electron chi connectivity index (χ4n) is 3.84. The van der Waals surface area contributed by atoms with Gasteiger partial charge in [0, 0.05) is 13.7 Å². The van der Waals surface area contributed by atoms with Crippen LogP contribution in [-0.2, 0) is 4.52 Å². The first-order chi connectivity index (χ1) is 14.4. The lowest BCUT2D eigenvalue weighted by molar-refractivity contribution is 0.306. The lowest BCUT2D eigenvalue weighted by Crippen LogP contribution is -2.28. The Kier molecular flexibility index (Phi) is 7.85. The number of fused-ring (bicyclic) bond motifs is 1. The standard InChI is InChI=1S/C24H35N4OP/c1-7-30(8-2)29-16-21(14-17(3)4)25-24-26-22(20-12-10-9-11-13-20)23-18(5)15-19(6)27-28(23)24/h9-13,15,17,21H,7-8,14,16H2,1-6H3,(H,25,26). The van der Waals surface area contributed by atoms with Crippen molar-refractivity contribution in [3.63, 3.8) is 0 Å². The summed E-state index contributed by atoms with van der Waals surface area (Å²) in [6.45, 7) is 13.8. The third-order valence-electron chi connectivity index (χ3n) is 5.21. The van der Waals surface area contributed by atoms with Crippen LogP contribution in [0.15, 0.2) is 36.4 Å². The van der Waals surface area contributed by atoms with E-state index in [1.165, 1.54) is 5.56 Å². The predicted molar refractivity (Wildman–Crippen MR) is 129 cm³/mol. The molecule has 2 aromatic heterocycles. The molecular weight excluding hydrogens is 391 g/mol. The minimum Gasteiger partial charge on any atom is -0.357 e. The first kappa shape index (κ1) is 22.7. The molecule has 1 unspecified atom stereocenters. The molecule has 6 heteroatoms. The summed E-state index contributed by atoms with van der Waals surface area (Å²) in [5, 5.41) is 8.47. The normalized spacial score (nSPS) is 12.8. The second-order valence-corrected chi connectivity index (χ2v) is 10.7. The summed E-state index contributed by atoms with van der Waals surface area (Å²) in [6.07, 6.45) is 3.23. The molecule has 162 valence electrons. The van der Waals surface area contributed by atoms with Crippen molar-refractivity contribution in [2.45, 2.75) is 54.0 Å². The maximum atomic E-state index is 6.27. The van der Waals surface area contributed by atoms with Gasteiger partial charge in [-0.15, -0.1) is 0 Å². The van der Waals surface area contributed by atoms with E-state index >= 15 is 0 Å². The Morgan fingerprint density at radius 2 is 1.80 bits per heavy atom. The molecule has 0 saturated heterocycles. The van der Waals surface area contributed by atoms with Crippen molar-refractivity contribution in [3.05, 3.63) is 47.7 Å². The highest BCUT2D eigenvalue weighted by atomic mass is 31.1. The highest BCUT2D eigenvalue weighted by Crippen LogP contribution is 2.36. The fraction of sp³-hybridized carbons (Fsp3) is 0.500. The Balaban J connectivity index is 1.98. The van der Waals surface area contributed by atoms with Gasteiger partial charge < -0.3 is 9.84 Å². The van der Waals surface area contributed by atoms with E-state index in [1.807, 2.05) is 17.5 Å². The monoisotopic (exact) mass is 426 g/mol. The minimum absolute atomic E-state index is 0.199. The number of nitrogens with one attached hydrogen (secondary N) is 1. The summed E-state index contributed by atoms with van der Waals surface area (Å²) in [7, 11) is -0.347. The number of nitrogens with zero attached hydrogens (tertiary/aromatic N) is 3. The van der Waals surface area contributed by atoms with E-state index in [0.717, 1.165) is 47.2 Å². The Hall–Kier alpha value is -1.97. The van der Waals surface area contributed by atoms with Gasteiger partial charge >= 0.3 is 0 Å². The summed E-state index contributed by atoms with van der Waals surface area (Å²) < 4.78 is 8.25. The quantitative estimate of drug-likeness (QED) is 0.387. The van der Waals surface area contributed by atoms with Crippen LogP contribution in [0.5, 0.6) is 0 Å². The molecule has 0 spiro atoms. The van der Waals surface area contributed by atoms with Crippen molar-refractivity contribution >= 4 is 19.6 Å². The van der Waals surface area contributed by atoms with Gasteiger partial charge in [0.2, 0.25) is 5.95 Å². The lowest BCUT2D eigenvalue weighted by atomic mass is 10.0. The molecule has 1 aromatic carbocycles. The van der Waals surface area contributed by atoms with Gasteiger partial charge in [-0.25, -0.2) is 4.98 Å². The summed E-state index contributed by atoms with van der Waals surface area (Å²) in [4.78, 5) is 5.02. The van der Waals surface area contributed by atoms with E-state index in [9.17, 15) is 0 Å². The van der Waals surface area contributed by atoms with Gasteiger partial charge in [0.15, 0.2) is 0 Å². The smallest absolute Gasteiger partial charge is 0.225 e. The van der Waals surface area contributed by atoms with Gasteiger partial charge in [0.25, 0.3) is 0 Å². The van der Waals surface area contributed by atoms with E-state index in [4.69, 9.17) is 14.6 Å². The number of rotatable bonds is 10. The molecule has 0 fully saturated rings. The topological polar surface area (TPSA) is 51.5 Å². The lowest BCUT2D eigenvalue weighted by Gasteiger charge is -2.23. The second kappa shape index (κ2) is 10.4. The molecule has 0 radical (unpaired) electrons. The fourth-order valence-corrected chi connectivity index (χ4v) is 5.05. The SMILES string of the molecule is CCP(CC)OCC(CC(C)C)Nc1nc(-c2ccccc2)c2c(C)cc(C)nn12. The number of hydrogen-bond acceptors (Lipinski definition) is 4. The molecule has 0 aliphatic carbocycles. The average molecular weight is 427 g/mol. The van der Waals surface area contributed by atoms with Crippen LogP contribution in [0.3, 0.4) is 0 Å². The largest absolute Gasteiger partial charge is 0.357 e. The predicted octanol–water partition coefficient (Wildman–Crippen LogP) is 6.29. The van der Waals surface area contributed by atoms with E-state index in [2.05, 4.69) is 70.3 Å². The third kappa shape index (κ3) is 5.39. The van der Waals surface area contributed by atoms with Crippen LogP contribution in [0.1, 0.15) is 45.4 Å². The number of anilines is 1. The van der Waals surface area contributed by atoms with Crippen molar-refractivity contribution in [2.24, 2.45) is 5.92 Å². The van der Waals surface area contributed by atoms with Gasteiger partial charge in [-0.1, -0.05) is 58.0 Å². The van der Waals surface area contributed by atoms with Crippen molar-refractivity contribution in [3.8, 4) is 11.3 Å². The van der Waals surface area contributed by atoms with E-state index in [1.54, 1.807) is 0 Å². The highest BCUT2D eigenvalue weighted by Gasteiger charge is 2.20. The third-order valence-corrected chi connectivity index (χ3v) is 7.14. The summed E-state index contributed by atoms with van der Waals surface area (Å²) in [6, 6.07) is 12.7. The van der Waals surface area contributed by atoms with E-state index < -0.39 is 0 Å². The van der Waals surface area contributed by atoms with Crippen LogP contribution >= 0.6 is 8.15 Å². The van der Waals surface area contributed by atoms with Crippen LogP contribution in [0.25, 0.3) is 16.8 Å². The summed E-state index contributed by atoms with van der Waals surface area (Å²) in [5.74, 6) is 1.36. The Labute approximate surface area is 182 Å². The van der Waals surface area contributed by atoms with Crippen LogP contribution in [0.2, 0.25) is 0 Å². The molecule has 2 heterocycles. The Bertz CT molecular complexity index is 951. The van der Waals surface area contributed by atoms with Crippen LogP contribution < -0.4 is 5.32 Å². The van der Waals surface area contributed by atoms with Crippen LogP contribution in [-0.4, -0.2) is 39.6 Å².